The Balaban J connectivity index is 1.58. The largest absolute Gasteiger partial charge is 0.327 e. The fourth-order valence-corrected chi connectivity index (χ4v) is 4.23. The molecule has 2 atom stereocenters. The van der Waals surface area contributed by atoms with Crippen molar-refractivity contribution in [3.05, 3.63) is 65.7 Å². The molecule has 3 N–H and O–H groups in total. The first-order valence-corrected chi connectivity index (χ1v) is 9.78. The van der Waals surface area contributed by atoms with E-state index in [0.29, 0.717) is 6.67 Å². The van der Waals surface area contributed by atoms with Gasteiger partial charge in [0.15, 0.2) is 0 Å². The van der Waals surface area contributed by atoms with E-state index in [-0.39, 0.29) is 17.9 Å². The van der Waals surface area contributed by atoms with Crippen molar-refractivity contribution >= 4 is 11.5 Å². The number of nitrogens with two attached hydrogens (primary N) is 1. The van der Waals surface area contributed by atoms with Crippen LogP contribution in [-0.4, -0.2) is 36.6 Å². The molecule has 0 bridgehead atoms. The number of carbonyl (C=O) groups excluding carboxylic acids is 1. The molecule has 0 radical (unpaired) electrons. The van der Waals surface area contributed by atoms with E-state index in [4.69, 9.17) is 5.73 Å². The van der Waals surface area contributed by atoms with Gasteiger partial charge in [-0.25, -0.2) is 0 Å². The second-order valence-electron chi connectivity index (χ2n) is 7.51. The molecule has 140 valence electrons. The van der Waals surface area contributed by atoms with Crippen molar-refractivity contribution in [3.8, 4) is 11.1 Å². The normalized spacial score (nSPS) is 22.8. The number of nitrogens with zero attached hydrogens (tertiary/aromatic N) is 1. The average Bonchev–Trinajstić information content (AvgIpc) is 3.02. The zero-order valence-corrected chi connectivity index (χ0v) is 15.8. The average molecular weight is 361 g/mol. The summed E-state index contributed by atoms with van der Waals surface area (Å²) in [7, 11) is 0. The summed E-state index contributed by atoms with van der Waals surface area (Å²) >= 11 is 0. The van der Waals surface area contributed by atoms with Crippen LogP contribution in [0, 0.1) is 0 Å². The van der Waals surface area contributed by atoms with Crippen LogP contribution in [0.3, 0.4) is 0 Å². The molecule has 2 aliphatic rings. The SMILES string of the molecule is CC1CC(c2cccc(-c3ccc(C4=CCNCC4)cc3)c2)C(=O)N1CN. The van der Waals surface area contributed by atoms with Crippen molar-refractivity contribution < 1.29 is 4.79 Å². The highest BCUT2D eigenvalue weighted by Crippen LogP contribution is 2.34. The van der Waals surface area contributed by atoms with E-state index < -0.39 is 0 Å². The highest BCUT2D eigenvalue weighted by molar-refractivity contribution is 5.86. The van der Waals surface area contributed by atoms with Crippen molar-refractivity contribution in [1.82, 2.24) is 10.2 Å². The Labute approximate surface area is 161 Å². The molecule has 2 heterocycles. The number of benzene rings is 2. The van der Waals surface area contributed by atoms with E-state index in [1.807, 2.05) is 0 Å². The maximum atomic E-state index is 12.6. The minimum Gasteiger partial charge on any atom is -0.327 e. The molecule has 4 rings (SSSR count). The van der Waals surface area contributed by atoms with Crippen molar-refractivity contribution in [3.63, 3.8) is 0 Å². The van der Waals surface area contributed by atoms with Crippen LogP contribution < -0.4 is 11.1 Å². The van der Waals surface area contributed by atoms with Gasteiger partial charge >= 0.3 is 0 Å². The summed E-state index contributed by atoms with van der Waals surface area (Å²) in [5, 5.41) is 3.35. The molecule has 0 saturated carbocycles. The van der Waals surface area contributed by atoms with Gasteiger partial charge in [-0.2, -0.15) is 0 Å². The van der Waals surface area contributed by atoms with Gasteiger partial charge in [0.1, 0.15) is 0 Å². The maximum Gasteiger partial charge on any atom is 0.231 e. The van der Waals surface area contributed by atoms with Crippen molar-refractivity contribution in [2.75, 3.05) is 19.8 Å². The Bertz CT molecular complexity index is 856. The second-order valence-corrected chi connectivity index (χ2v) is 7.51. The highest BCUT2D eigenvalue weighted by Gasteiger charge is 2.37. The van der Waals surface area contributed by atoms with Gasteiger partial charge in [-0.1, -0.05) is 54.6 Å². The Hall–Kier alpha value is -2.43. The van der Waals surface area contributed by atoms with Gasteiger partial charge in [0.25, 0.3) is 0 Å². The number of hydrogen-bond acceptors (Lipinski definition) is 3. The first-order valence-electron chi connectivity index (χ1n) is 9.78. The van der Waals surface area contributed by atoms with E-state index in [1.165, 1.54) is 16.7 Å². The quantitative estimate of drug-likeness (QED) is 0.878. The zero-order valence-electron chi connectivity index (χ0n) is 15.8. The molecule has 4 nitrogen and oxygen atoms in total. The summed E-state index contributed by atoms with van der Waals surface area (Å²) in [4.78, 5) is 14.4. The van der Waals surface area contributed by atoms with Gasteiger partial charge < -0.3 is 16.0 Å². The molecule has 2 aliphatic heterocycles. The molecular weight excluding hydrogens is 334 g/mol. The van der Waals surface area contributed by atoms with E-state index in [2.05, 4.69) is 66.8 Å². The van der Waals surface area contributed by atoms with Crippen LogP contribution in [0.5, 0.6) is 0 Å². The fraction of sp³-hybridized carbons (Fsp3) is 0.348. The lowest BCUT2D eigenvalue weighted by Crippen LogP contribution is -2.36. The number of rotatable bonds is 4. The molecule has 2 unspecified atom stereocenters. The van der Waals surface area contributed by atoms with E-state index in [9.17, 15) is 4.79 Å². The molecule has 1 amide bonds. The monoisotopic (exact) mass is 361 g/mol. The molecule has 1 fully saturated rings. The lowest BCUT2D eigenvalue weighted by atomic mass is 9.92. The van der Waals surface area contributed by atoms with Crippen molar-refractivity contribution in [1.29, 1.82) is 0 Å². The molecule has 1 saturated heterocycles. The summed E-state index contributed by atoms with van der Waals surface area (Å²) in [5.74, 6) is 0.0676. The lowest BCUT2D eigenvalue weighted by molar-refractivity contribution is -0.129. The van der Waals surface area contributed by atoms with Crippen LogP contribution in [0.4, 0.5) is 0 Å². The maximum absolute atomic E-state index is 12.6. The zero-order chi connectivity index (χ0) is 18.8. The van der Waals surface area contributed by atoms with Crippen LogP contribution >= 0.6 is 0 Å². The van der Waals surface area contributed by atoms with Crippen LogP contribution in [0.15, 0.2) is 54.6 Å². The van der Waals surface area contributed by atoms with E-state index in [0.717, 1.165) is 37.1 Å². The van der Waals surface area contributed by atoms with Gasteiger partial charge in [-0.3, -0.25) is 4.79 Å². The number of amides is 1. The standard InChI is InChI=1S/C23H27N3O/c1-16-13-22(23(27)26(16)15-24)21-4-2-3-20(14-21)18-7-5-17(6-8-18)19-9-11-25-12-10-19/h2-9,14,16,22,25H,10-13,15,24H2,1H3. The summed E-state index contributed by atoms with van der Waals surface area (Å²) in [5.41, 5.74) is 11.9. The Morgan fingerprint density at radius 3 is 2.56 bits per heavy atom. The Morgan fingerprint density at radius 2 is 1.89 bits per heavy atom. The van der Waals surface area contributed by atoms with Gasteiger partial charge in [0.05, 0.1) is 12.6 Å². The lowest BCUT2D eigenvalue weighted by Gasteiger charge is -2.18. The third-order valence-corrected chi connectivity index (χ3v) is 5.83. The van der Waals surface area contributed by atoms with Gasteiger partial charge in [0.2, 0.25) is 5.91 Å². The third kappa shape index (κ3) is 3.55. The molecular formula is C23H27N3O. The fourth-order valence-electron chi connectivity index (χ4n) is 4.23. The van der Waals surface area contributed by atoms with Gasteiger partial charge in [-0.15, -0.1) is 0 Å². The molecule has 4 heteroatoms. The summed E-state index contributed by atoms with van der Waals surface area (Å²) in [6, 6.07) is 17.4. The third-order valence-electron chi connectivity index (χ3n) is 5.83. The number of hydrogen-bond donors (Lipinski definition) is 2. The minimum atomic E-state index is -0.0809. The van der Waals surface area contributed by atoms with Crippen molar-refractivity contribution in [2.24, 2.45) is 5.73 Å². The van der Waals surface area contributed by atoms with Crippen LogP contribution in [0.1, 0.15) is 36.8 Å². The first kappa shape index (κ1) is 18.0. The smallest absolute Gasteiger partial charge is 0.231 e. The van der Waals surface area contributed by atoms with Gasteiger partial charge in [0, 0.05) is 12.6 Å². The van der Waals surface area contributed by atoms with Crippen molar-refractivity contribution in [2.45, 2.75) is 31.7 Å². The summed E-state index contributed by atoms with van der Waals surface area (Å²) in [6.45, 7) is 4.36. The van der Waals surface area contributed by atoms with Crippen LogP contribution in [-0.2, 0) is 4.79 Å². The Kier molecular flexibility index (Phi) is 5.10. The van der Waals surface area contributed by atoms with Gasteiger partial charge in [-0.05, 0) is 54.1 Å². The number of nitrogens with one attached hydrogen (secondary N) is 1. The molecule has 0 aliphatic carbocycles. The molecule has 0 spiro atoms. The predicted molar refractivity (Wildman–Crippen MR) is 110 cm³/mol. The number of likely N-dealkylation sites (tertiary alicyclic amines) is 1. The summed E-state index contributed by atoms with van der Waals surface area (Å²) in [6.07, 6.45) is 4.18. The summed E-state index contributed by atoms with van der Waals surface area (Å²) < 4.78 is 0. The van der Waals surface area contributed by atoms with Crippen LogP contribution in [0.2, 0.25) is 0 Å². The predicted octanol–water partition coefficient (Wildman–Crippen LogP) is 3.35. The number of carbonyl (C=O) groups is 1. The van der Waals surface area contributed by atoms with Crippen LogP contribution in [0.25, 0.3) is 16.7 Å². The topological polar surface area (TPSA) is 58.4 Å². The molecule has 27 heavy (non-hydrogen) atoms. The second kappa shape index (κ2) is 7.67. The molecule has 2 aromatic carbocycles. The highest BCUT2D eigenvalue weighted by atomic mass is 16.2. The van der Waals surface area contributed by atoms with E-state index >= 15 is 0 Å². The molecule has 0 aromatic heterocycles. The molecule has 2 aromatic rings. The van der Waals surface area contributed by atoms with E-state index in [1.54, 1.807) is 4.90 Å². The minimum absolute atomic E-state index is 0.0809. The first-order chi connectivity index (χ1) is 13.2. The Morgan fingerprint density at radius 1 is 1.11 bits per heavy atom.